The van der Waals surface area contributed by atoms with Gasteiger partial charge < -0.3 is 4.90 Å². The third-order valence-corrected chi connectivity index (χ3v) is 4.87. The van der Waals surface area contributed by atoms with Crippen molar-refractivity contribution in [3.63, 3.8) is 0 Å². The lowest BCUT2D eigenvalue weighted by atomic mass is 9.80. The molecule has 1 aromatic rings. The Morgan fingerprint density at radius 3 is 2.71 bits per heavy atom. The highest BCUT2D eigenvalue weighted by Crippen LogP contribution is 2.39. The molecule has 3 heteroatoms. The summed E-state index contributed by atoms with van der Waals surface area (Å²) in [6, 6.07) is 8.96. The van der Waals surface area contributed by atoms with E-state index in [1.807, 2.05) is 0 Å². The Kier molecular flexibility index (Phi) is 4.03. The molecule has 1 saturated carbocycles. The van der Waals surface area contributed by atoms with E-state index in [1.165, 1.54) is 11.1 Å². The monoisotopic (exact) mass is 286 g/mol. The van der Waals surface area contributed by atoms with E-state index in [4.69, 9.17) is 0 Å². The Morgan fingerprint density at radius 1 is 1.33 bits per heavy atom. The smallest absolute Gasteiger partial charge is 0.241 e. The van der Waals surface area contributed by atoms with Gasteiger partial charge in [0, 0.05) is 6.04 Å². The van der Waals surface area contributed by atoms with Gasteiger partial charge in [0.05, 0.1) is 6.04 Å². The van der Waals surface area contributed by atoms with Crippen LogP contribution in [-0.4, -0.2) is 22.9 Å². The summed E-state index contributed by atoms with van der Waals surface area (Å²) in [4.78, 5) is 14.9. The van der Waals surface area contributed by atoms with E-state index in [0.29, 0.717) is 11.9 Å². The fraction of sp³-hybridized carbons (Fsp3) is 0.611. The topological polar surface area (TPSA) is 32.3 Å². The molecule has 1 heterocycles. The number of nitrogens with zero attached hydrogens (tertiary/aromatic N) is 1. The number of carbonyl (C=O) groups excluding carboxylic acids is 1. The molecule has 1 N–H and O–H groups in total. The van der Waals surface area contributed by atoms with Crippen molar-refractivity contribution >= 4 is 5.91 Å². The van der Waals surface area contributed by atoms with Gasteiger partial charge in [0.1, 0.15) is 6.17 Å². The molecule has 1 aliphatic carbocycles. The number of nitrogens with one attached hydrogen (secondary N) is 1. The Labute approximate surface area is 127 Å². The zero-order valence-corrected chi connectivity index (χ0v) is 13.3. The number of amides is 1. The second-order valence-electron chi connectivity index (χ2n) is 6.80. The minimum atomic E-state index is -0.00332. The molecule has 0 aromatic heterocycles. The molecule has 1 aromatic carbocycles. The normalized spacial score (nSPS) is 32.3. The zero-order valence-electron chi connectivity index (χ0n) is 13.3. The fourth-order valence-corrected chi connectivity index (χ4v) is 3.72. The van der Waals surface area contributed by atoms with Gasteiger partial charge in [0.15, 0.2) is 0 Å². The van der Waals surface area contributed by atoms with E-state index in [2.05, 4.69) is 55.3 Å². The highest BCUT2D eigenvalue weighted by Gasteiger charge is 2.45. The molecule has 0 spiro atoms. The van der Waals surface area contributed by atoms with Crippen LogP contribution in [0.15, 0.2) is 24.3 Å². The summed E-state index contributed by atoms with van der Waals surface area (Å²) in [5, 5.41) is 3.58. The Balaban J connectivity index is 1.86. The van der Waals surface area contributed by atoms with Crippen LogP contribution in [0.25, 0.3) is 0 Å². The summed E-state index contributed by atoms with van der Waals surface area (Å²) < 4.78 is 0. The van der Waals surface area contributed by atoms with Crippen molar-refractivity contribution < 1.29 is 4.79 Å². The fourth-order valence-electron chi connectivity index (χ4n) is 3.72. The van der Waals surface area contributed by atoms with Gasteiger partial charge in [-0.1, -0.05) is 50.1 Å². The van der Waals surface area contributed by atoms with Crippen molar-refractivity contribution in [1.29, 1.82) is 0 Å². The number of carbonyl (C=O) groups is 1. The van der Waals surface area contributed by atoms with Gasteiger partial charge in [0.25, 0.3) is 0 Å². The van der Waals surface area contributed by atoms with E-state index in [0.717, 1.165) is 31.6 Å². The molecule has 114 valence electrons. The average molecular weight is 286 g/mol. The molecule has 1 aliphatic heterocycles. The molecule has 21 heavy (non-hydrogen) atoms. The number of hydrogen-bond donors (Lipinski definition) is 1. The van der Waals surface area contributed by atoms with Gasteiger partial charge in [-0.2, -0.15) is 0 Å². The van der Waals surface area contributed by atoms with Crippen LogP contribution in [0.4, 0.5) is 0 Å². The third-order valence-electron chi connectivity index (χ3n) is 4.87. The predicted octanol–water partition coefficient (Wildman–Crippen LogP) is 3.39. The molecule has 2 atom stereocenters. The molecule has 2 fully saturated rings. The van der Waals surface area contributed by atoms with Crippen LogP contribution >= 0.6 is 0 Å². The maximum atomic E-state index is 12.8. The van der Waals surface area contributed by atoms with Gasteiger partial charge in [-0.3, -0.25) is 10.1 Å². The largest absolute Gasteiger partial charge is 0.319 e. The molecule has 1 amide bonds. The Morgan fingerprint density at radius 2 is 2.10 bits per heavy atom. The van der Waals surface area contributed by atoms with Crippen molar-refractivity contribution in [2.75, 3.05) is 0 Å². The molecule has 3 nitrogen and oxygen atoms in total. The first-order valence-corrected chi connectivity index (χ1v) is 8.25. The van der Waals surface area contributed by atoms with Gasteiger partial charge in [-0.15, -0.1) is 0 Å². The first-order valence-electron chi connectivity index (χ1n) is 8.25. The molecular formula is C18H26N2O. The van der Waals surface area contributed by atoms with Crippen LogP contribution in [-0.2, 0) is 4.79 Å². The van der Waals surface area contributed by atoms with Crippen LogP contribution in [0, 0.1) is 12.8 Å². The molecule has 0 bridgehead atoms. The lowest BCUT2D eigenvalue weighted by Gasteiger charge is -2.42. The Bertz CT molecular complexity index is 522. The van der Waals surface area contributed by atoms with Gasteiger partial charge in [0.2, 0.25) is 5.91 Å². The van der Waals surface area contributed by atoms with Crippen LogP contribution in [0.3, 0.4) is 0 Å². The average Bonchev–Trinajstić information content (AvgIpc) is 2.73. The molecule has 2 unspecified atom stereocenters. The summed E-state index contributed by atoms with van der Waals surface area (Å²) in [6.07, 6.45) is 4.33. The summed E-state index contributed by atoms with van der Waals surface area (Å²) in [5.41, 5.74) is 2.48. The van der Waals surface area contributed by atoms with E-state index in [1.54, 1.807) is 0 Å². The standard InChI is InChI=1S/C18H26N2O/c1-4-6-16-18(21)20(15-10-13(3)11-15)17(19-16)14-8-5-7-12(2)9-14/h5,7-9,13,15-17,19H,4,6,10-11H2,1-3H3. The lowest BCUT2D eigenvalue weighted by molar-refractivity contribution is -0.135. The van der Waals surface area contributed by atoms with E-state index in [9.17, 15) is 4.79 Å². The van der Waals surface area contributed by atoms with Crippen LogP contribution in [0.1, 0.15) is 56.8 Å². The van der Waals surface area contributed by atoms with E-state index in [-0.39, 0.29) is 12.2 Å². The van der Waals surface area contributed by atoms with Crippen molar-refractivity contribution in [1.82, 2.24) is 10.2 Å². The van der Waals surface area contributed by atoms with Crippen LogP contribution in [0.5, 0.6) is 0 Å². The van der Waals surface area contributed by atoms with Crippen molar-refractivity contribution in [2.45, 2.75) is 64.7 Å². The molecule has 1 saturated heterocycles. The summed E-state index contributed by atoms with van der Waals surface area (Å²) in [7, 11) is 0. The quantitative estimate of drug-likeness (QED) is 0.920. The minimum Gasteiger partial charge on any atom is -0.319 e. The molecule has 2 aliphatic rings. The maximum Gasteiger partial charge on any atom is 0.241 e. The van der Waals surface area contributed by atoms with Crippen molar-refractivity contribution in [2.24, 2.45) is 5.92 Å². The second kappa shape index (κ2) is 5.80. The third kappa shape index (κ3) is 2.71. The number of rotatable bonds is 4. The van der Waals surface area contributed by atoms with E-state index < -0.39 is 0 Å². The second-order valence-corrected chi connectivity index (χ2v) is 6.80. The Hall–Kier alpha value is -1.35. The molecule has 3 rings (SSSR count). The first kappa shape index (κ1) is 14.6. The lowest BCUT2D eigenvalue weighted by Crippen LogP contribution is -2.47. The SMILES string of the molecule is CCCC1NC(c2cccc(C)c2)N(C2CC(C)C2)C1=O. The first-order chi connectivity index (χ1) is 10.1. The number of hydrogen-bond acceptors (Lipinski definition) is 2. The van der Waals surface area contributed by atoms with E-state index >= 15 is 0 Å². The molecule has 0 radical (unpaired) electrons. The summed E-state index contributed by atoms with van der Waals surface area (Å²) >= 11 is 0. The number of aryl methyl sites for hydroxylation is 1. The highest BCUT2D eigenvalue weighted by molar-refractivity contribution is 5.85. The van der Waals surface area contributed by atoms with Gasteiger partial charge >= 0.3 is 0 Å². The molecular weight excluding hydrogens is 260 g/mol. The summed E-state index contributed by atoms with van der Waals surface area (Å²) in [5.74, 6) is 1.06. The van der Waals surface area contributed by atoms with Crippen LogP contribution in [0.2, 0.25) is 0 Å². The minimum absolute atomic E-state index is 0.00332. The number of benzene rings is 1. The van der Waals surface area contributed by atoms with Crippen molar-refractivity contribution in [3.8, 4) is 0 Å². The predicted molar refractivity (Wildman–Crippen MR) is 84.8 cm³/mol. The van der Waals surface area contributed by atoms with Crippen LogP contribution < -0.4 is 5.32 Å². The van der Waals surface area contributed by atoms with Gasteiger partial charge in [-0.05, 0) is 37.7 Å². The van der Waals surface area contributed by atoms with Gasteiger partial charge in [-0.25, -0.2) is 0 Å². The summed E-state index contributed by atoms with van der Waals surface area (Å²) in [6.45, 7) is 6.53. The highest BCUT2D eigenvalue weighted by atomic mass is 16.2. The zero-order chi connectivity index (χ0) is 15.0. The van der Waals surface area contributed by atoms with Crippen molar-refractivity contribution in [3.05, 3.63) is 35.4 Å². The maximum absolute atomic E-state index is 12.8.